The minimum Gasteiger partial charge on any atom is -0.368 e. The fourth-order valence-corrected chi connectivity index (χ4v) is 4.21. The Hall–Kier alpha value is -3.21. The maximum atomic E-state index is 5.59. The molecule has 0 radical (unpaired) electrons. The number of nitrogens with zero attached hydrogens (tertiary/aromatic N) is 4. The molecule has 2 heterocycles. The number of anilines is 1. The van der Waals surface area contributed by atoms with E-state index in [0.29, 0.717) is 5.95 Å². The summed E-state index contributed by atoms with van der Waals surface area (Å²) in [7, 11) is 2.13. The van der Waals surface area contributed by atoms with Gasteiger partial charge in [0, 0.05) is 25.0 Å². The molecule has 1 fully saturated rings. The molecule has 2 N–H and O–H groups in total. The van der Waals surface area contributed by atoms with E-state index in [9.17, 15) is 0 Å². The Morgan fingerprint density at radius 1 is 0.926 bits per heavy atom. The first-order valence-electron chi connectivity index (χ1n) is 9.28. The van der Waals surface area contributed by atoms with Gasteiger partial charge in [-0.3, -0.25) is 0 Å². The number of para-hydroxylation sites is 2. The fourth-order valence-electron chi connectivity index (χ4n) is 4.21. The first kappa shape index (κ1) is 16.0. The van der Waals surface area contributed by atoms with Crippen molar-refractivity contribution >= 4 is 17.0 Å². The lowest BCUT2D eigenvalue weighted by Gasteiger charge is -2.41. The number of nitrogen functional groups attached to an aromatic ring is 1. The minimum atomic E-state index is 0.00388. The van der Waals surface area contributed by atoms with E-state index < -0.39 is 0 Å². The van der Waals surface area contributed by atoms with Crippen LogP contribution in [0.3, 0.4) is 0 Å². The maximum Gasteiger partial charge on any atom is 0.219 e. The Balaban J connectivity index is 1.57. The average Bonchev–Trinajstić information content (AvgIpc) is 3.00. The molecule has 2 aromatic heterocycles. The summed E-state index contributed by atoms with van der Waals surface area (Å²) in [5.41, 5.74) is 11.2. The van der Waals surface area contributed by atoms with Crippen LogP contribution in [-0.4, -0.2) is 19.5 Å². The van der Waals surface area contributed by atoms with Crippen molar-refractivity contribution in [2.75, 3.05) is 5.73 Å². The summed E-state index contributed by atoms with van der Waals surface area (Å²) in [4.78, 5) is 13.2. The quantitative estimate of drug-likeness (QED) is 0.601. The number of aromatic nitrogens is 4. The van der Waals surface area contributed by atoms with Gasteiger partial charge in [0.2, 0.25) is 5.95 Å². The largest absolute Gasteiger partial charge is 0.368 e. The van der Waals surface area contributed by atoms with Crippen molar-refractivity contribution in [1.82, 2.24) is 19.5 Å². The van der Waals surface area contributed by atoms with Crippen LogP contribution in [0.5, 0.6) is 0 Å². The van der Waals surface area contributed by atoms with Crippen molar-refractivity contribution in [3.05, 3.63) is 72.3 Å². The molecule has 5 nitrogen and oxygen atoms in total. The van der Waals surface area contributed by atoms with E-state index in [1.54, 1.807) is 12.4 Å². The van der Waals surface area contributed by atoms with Gasteiger partial charge in [-0.2, -0.15) is 0 Å². The van der Waals surface area contributed by atoms with Gasteiger partial charge in [-0.15, -0.1) is 0 Å². The summed E-state index contributed by atoms with van der Waals surface area (Å²) in [5.74, 6) is 1.46. The highest BCUT2D eigenvalue weighted by Crippen LogP contribution is 2.49. The minimum absolute atomic E-state index is 0.00388. The van der Waals surface area contributed by atoms with Gasteiger partial charge in [0.25, 0.3) is 0 Å². The van der Waals surface area contributed by atoms with Gasteiger partial charge in [-0.25, -0.2) is 15.0 Å². The number of nitrogens with two attached hydrogens (primary N) is 1. The van der Waals surface area contributed by atoms with E-state index in [1.165, 1.54) is 23.3 Å². The SMILES string of the molecule is Cn1c(C2(c3ccc(-c4cnc(N)nc4)cc3)CCC2)nc2ccccc21. The van der Waals surface area contributed by atoms with Crippen molar-refractivity contribution in [3.8, 4) is 11.1 Å². The molecule has 1 aliphatic carbocycles. The Bertz CT molecular complexity index is 1110. The van der Waals surface area contributed by atoms with Crippen LogP contribution in [0.1, 0.15) is 30.7 Å². The van der Waals surface area contributed by atoms with Gasteiger partial charge in [-0.05, 0) is 36.1 Å². The molecular weight excluding hydrogens is 334 g/mol. The van der Waals surface area contributed by atoms with E-state index in [1.807, 2.05) is 0 Å². The van der Waals surface area contributed by atoms with Crippen LogP contribution in [-0.2, 0) is 12.5 Å². The molecule has 2 aromatic carbocycles. The van der Waals surface area contributed by atoms with Gasteiger partial charge in [-0.1, -0.05) is 42.8 Å². The molecule has 0 saturated heterocycles. The first-order chi connectivity index (χ1) is 13.2. The second-order valence-corrected chi connectivity index (χ2v) is 7.33. The zero-order valence-electron chi connectivity index (χ0n) is 15.3. The zero-order chi connectivity index (χ0) is 18.4. The van der Waals surface area contributed by atoms with E-state index >= 15 is 0 Å². The highest BCUT2D eigenvalue weighted by molar-refractivity contribution is 5.76. The number of benzene rings is 2. The third-order valence-corrected chi connectivity index (χ3v) is 5.86. The molecule has 0 spiro atoms. The van der Waals surface area contributed by atoms with Crippen molar-refractivity contribution in [1.29, 1.82) is 0 Å². The Morgan fingerprint density at radius 3 is 2.26 bits per heavy atom. The highest BCUT2D eigenvalue weighted by Gasteiger charge is 2.43. The Morgan fingerprint density at radius 2 is 1.63 bits per heavy atom. The molecule has 1 saturated carbocycles. The monoisotopic (exact) mass is 355 g/mol. The van der Waals surface area contributed by atoms with E-state index in [4.69, 9.17) is 10.7 Å². The molecular formula is C22H21N5. The average molecular weight is 355 g/mol. The van der Waals surface area contributed by atoms with Gasteiger partial charge in [0.15, 0.2) is 0 Å². The molecule has 0 aliphatic heterocycles. The van der Waals surface area contributed by atoms with Crippen LogP contribution in [0.2, 0.25) is 0 Å². The third kappa shape index (κ3) is 2.42. The van der Waals surface area contributed by atoms with Gasteiger partial charge in [0.05, 0.1) is 16.4 Å². The van der Waals surface area contributed by atoms with Crippen LogP contribution in [0, 0.1) is 0 Å². The van der Waals surface area contributed by atoms with Crippen LogP contribution >= 0.6 is 0 Å². The van der Waals surface area contributed by atoms with Crippen molar-refractivity contribution < 1.29 is 0 Å². The summed E-state index contributed by atoms with van der Waals surface area (Å²) in [6, 6.07) is 17.1. The number of fused-ring (bicyclic) bond motifs is 1. The van der Waals surface area contributed by atoms with E-state index in [0.717, 1.165) is 29.5 Å². The number of aryl methyl sites for hydroxylation is 1. The van der Waals surface area contributed by atoms with Gasteiger partial charge >= 0.3 is 0 Å². The Kier molecular flexibility index (Phi) is 3.50. The number of hydrogen-bond acceptors (Lipinski definition) is 4. The van der Waals surface area contributed by atoms with Crippen LogP contribution < -0.4 is 5.73 Å². The summed E-state index contributed by atoms with van der Waals surface area (Å²) < 4.78 is 2.26. The Labute approximate surface area is 157 Å². The zero-order valence-corrected chi connectivity index (χ0v) is 15.3. The number of imidazole rings is 1. The molecule has 5 heteroatoms. The summed E-state index contributed by atoms with van der Waals surface area (Å²) in [5, 5.41) is 0. The van der Waals surface area contributed by atoms with Crippen LogP contribution in [0.4, 0.5) is 5.95 Å². The molecule has 5 rings (SSSR count). The van der Waals surface area contributed by atoms with Crippen molar-refractivity contribution in [2.24, 2.45) is 7.05 Å². The molecule has 1 aliphatic rings. The predicted molar refractivity (Wildman–Crippen MR) is 107 cm³/mol. The molecule has 27 heavy (non-hydrogen) atoms. The lowest BCUT2D eigenvalue weighted by molar-refractivity contribution is 0.280. The highest BCUT2D eigenvalue weighted by atomic mass is 15.1. The molecule has 4 aromatic rings. The normalized spacial score (nSPS) is 15.6. The topological polar surface area (TPSA) is 69.6 Å². The predicted octanol–water partition coefficient (Wildman–Crippen LogP) is 4.08. The molecule has 0 bridgehead atoms. The second kappa shape index (κ2) is 5.91. The molecule has 0 amide bonds. The number of hydrogen-bond donors (Lipinski definition) is 1. The van der Waals surface area contributed by atoms with Gasteiger partial charge < -0.3 is 10.3 Å². The van der Waals surface area contributed by atoms with Gasteiger partial charge in [0.1, 0.15) is 5.82 Å². The van der Waals surface area contributed by atoms with E-state index in [-0.39, 0.29) is 5.41 Å². The van der Waals surface area contributed by atoms with Crippen molar-refractivity contribution in [2.45, 2.75) is 24.7 Å². The fraction of sp³-hybridized carbons (Fsp3) is 0.227. The number of rotatable bonds is 3. The second-order valence-electron chi connectivity index (χ2n) is 7.33. The molecule has 0 unspecified atom stereocenters. The maximum absolute atomic E-state index is 5.59. The summed E-state index contributed by atoms with van der Waals surface area (Å²) >= 11 is 0. The summed E-state index contributed by atoms with van der Waals surface area (Å²) in [6.45, 7) is 0. The van der Waals surface area contributed by atoms with Crippen LogP contribution in [0.15, 0.2) is 60.9 Å². The third-order valence-electron chi connectivity index (χ3n) is 5.86. The standard InChI is InChI=1S/C22H21N5/c1-27-19-6-3-2-5-18(19)26-20(27)22(11-4-12-22)17-9-7-15(8-10-17)16-13-24-21(23)25-14-16/h2-3,5-10,13-14H,4,11-12H2,1H3,(H2,23,24,25). The molecule has 134 valence electrons. The first-order valence-corrected chi connectivity index (χ1v) is 9.28. The lowest BCUT2D eigenvalue weighted by atomic mass is 9.63. The molecule has 0 atom stereocenters. The van der Waals surface area contributed by atoms with Crippen molar-refractivity contribution in [3.63, 3.8) is 0 Å². The van der Waals surface area contributed by atoms with E-state index in [2.05, 4.69) is 70.1 Å². The smallest absolute Gasteiger partial charge is 0.219 e. The summed E-state index contributed by atoms with van der Waals surface area (Å²) in [6.07, 6.45) is 7.03. The van der Waals surface area contributed by atoms with Crippen LogP contribution in [0.25, 0.3) is 22.2 Å². The lowest BCUT2D eigenvalue weighted by Crippen LogP contribution is -2.38.